The van der Waals surface area contributed by atoms with Crippen LogP contribution in [0.1, 0.15) is 11.1 Å². The van der Waals surface area contributed by atoms with E-state index in [9.17, 15) is 22.0 Å². The van der Waals surface area contributed by atoms with E-state index in [1.54, 1.807) is 36.4 Å². The minimum Gasteiger partial charge on any atom is -0.287 e. The molecule has 29 heavy (non-hydrogen) atoms. The Morgan fingerprint density at radius 1 is 0.897 bits per heavy atom. The minimum atomic E-state index is -4.15. The highest BCUT2D eigenvalue weighted by Crippen LogP contribution is 2.38. The topological polar surface area (TPSA) is 57.7 Å². The van der Waals surface area contributed by atoms with Crippen molar-refractivity contribution < 1.29 is 22.0 Å². The second kappa shape index (κ2) is 6.97. The van der Waals surface area contributed by atoms with Gasteiger partial charge < -0.3 is 0 Å². The smallest absolute Gasteiger partial charge is 0.287 e. The van der Waals surface area contributed by atoms with E-state index in [4.69, 9.17) is 0 Å². The lowest BCUT2D eigenvalue weighted by Gasteiger charge is -2.36. The largest absolute Gasteiger partial charge is 0.343 e. The standard InChI is InChI=1S/C21H16F2N2O3S/c1-14-6-8-18(9-7-14)25-21(26)24(13-15-10-16(22)12-17(23)11-15)19-4-2-3-5-20(19)29(25,27)28/h2-12H,13H2,1H3. The van der Waals surface area contributed by atoms with E-state index in [-0.39, 0.29) is 28.4 Å². The summed E-state index contributed by atoms with van der Waals surface area (Å²) in [5.41, 5.74) is 1.45. The number of benzene rings is 3. The summed E-state index contributed by atoms with van der Waals surface area (Å²) in [6.07, 6.45) is 0. The number of halogens is 2. The Bertz CT molecular complexity index is 1190. The molecule has 0 saturated heterocycles. The van der Waals surface area contributed by atoms with E-state index < -0.39 is 27.7 Å². The molecule has 148 valence electrons. The van der Waals surface area contributed by atoms with Crippen molar-refractivity contribution >= 4 is 27.4 Å². The fraction of sp³-hybridized carbons (Fsp3) is 0.0952. The van der Waals surface area contributed by atoms with Gasteiger partial charge in [-0.3, -0.25) is 4.90 Å². The minimum absolute atomic E-state index is 0.0583. The molecular weight excluding hydrogens is 398 g/mol. The maximum atomic E-state index is 13.6. The van der Waals surface area contributed by atoms with Crippen LogP contribution in [-0.4, -0.2) is 14.4 Å². The summed E-state index contributed by atoms with van der Waals surface area (Å²) in [5.74, 6) is -1.55. The van der Waals surface area contributed by atoms with E-state index in [0.29, 0.717) is 4.31 Å². The molecule has 0 spiro atoms. The van der Waals surface area contributed by atoms with Crippen LogP contribution in [0, 0.1) is 18.6 Å². The summed E-state index contributed by atoms with van der Waals surface area (Å²) in [4.78, 5) is 14.4. The summed E-state index contributed by atoms with van der Waals surface area (Å²) >= 11 is 0. The number of fused-ring (bicyclic) bond motifs is 1. The number of nitrogens with zero attached hydrogens (tertiary/aromatic N) is 2. The summed E-state index contributed by atoms with van der Waals surface area (Å²) in [6.45, 7) is 1.65. The van der Waals surface area contributed by atoms with E-state index >= 15 is 0 Å². The van der Waals surface area contributed by atoms with Gasteiger partial charge in [0.1, 0.15) is 16.5 Å². The van der Waals surface area contributed by atoms with E-state index in [1.165, 1.54) is 17.0 Å². The second-order valence-electron chi connectivity index (χ2n) is 6.72. The summed E-state index contributed by atoms with van der Waals surface area (Å²) in [6, 6.07) is 14.7. The van der Waals surface area contributed by atoms with Gasteiger partial charge in [0.05, 0.1) is 17.9 Å². The van der Waals surface area contributed by atoms with Crippen molar-refractivity contribution in [1.29, 1.82) is 0 Å². The summed E-state index contributed by atoms with van der Waals surface area (Å²) in [5, 5.41) is 0. The molecular formula is C21H16F2N2O3S. The molecule has 3 aromatic rings. The van der Waals surface area contributed by atoms with Crippen molar-refractivity contribution in [2.45, 2.75) is 18.4 Å². The van der Waals surface area contributed by atoms with Gasteiger partial charge in [0.15, 0.2) is 0 Å². The number of rotatable bonds is 3. The van der Waals surface area contributed by atoms with Crippen LogP contribution in [-0.2, 0) is 16.6 Å². The van der Waals surface area contributed by atoms with Crippen LogP contribution in [0.15, 0.2) is 71.6 Å². The molecule has 5 nitrogen and oxygen atoms in total. The zero-order valence-corrected chi connectivity index (χ0v) is 16.2. The first-order valence-electron chi connectivity index (χ1n) is 8.75. The first-order chi connectivity index (χ1) is 13.8. The quantitative estimate of drug-likeness (QED) is 0.629. The second-order valence-corrected chi connectivity index (χ2v) is 8.47. The van der Waals surface area contributed by atoms with Crippen molar-refractivity contribution in [3.8, 4) is 0 Å². The van der Waals surface area contributed by atoms with Gasteiger partial charge in [-0.15, -0.1) is 0 Å². The number of aryl methyl sites for hydroxylation is 1. The molecule has 0 atom stereocenters. The normalized spacial score (nSPS) is 15.3. The zero-order valence-electron chi connectivity index (χ0n) is 15.3. The number of urea groups is 1. The van der Waals surface area contributed by atoms with E-state index in [0.717, 1.165) is 23.8 Å². The number of amides is 2. The number of hydrogen-bond acceptors (Lipinski definition) is 3. The van der Waals surface area contributed by atoms with Crippen LogP contribution < -0.4 is 9.21 Å². The average Bonchev–Trinajstić information content (AvgIpc) is 2.66. The van der Waals surface area contributed by atoms with Crippen molar-refractivity contribution in [1.82, 2.24) is 0 Å². The molecule has 1 aliphatic rings. The van der Waals surface area contributed by atoms with Gasteiger partial charge in [-0.2, -0.15) is 4.31 Å². The van der Waals surface area contributed by atoms with Crippen LogP contribution in [0.5, 0.6) is 0 Å². The lowest BCUT2D eigenvalue weighted by molar-refractivity contribution is 0.253. The van der Waals surface area contributed by atoms with Gasteiger partial charge >= 0.3 is 6.03 Å². The molecule has 0 N–H and O–H groups in total. The SMILES string of the molecule is Cc1ccc(N2C(=O)N(Cc3cc(F)cc(F)c3)c3ccccc3S2(=O)=O)cc1. The maximum Gasteiger partial charge on any atom is 0.343 e. The highest BCUT2D eigenvalue weighted by Gasteiger charge is 2.42. The molecule has 0 saturated carbocycles. The van der Waals surface area contributed by atoms with E-state index in [1.807, 2.05) is 6.92 Å². The van der Waals surface area contributed by atoms with Crippen LogP contribution in [0.25, 0.3) is 0 Å². The first-order valence-corrected chi connectivity index (χ1v) is 10.2. The van der Waals surface area contributed by atoms with Gasteiger partial charge in [0, 0.05) is 6.07 Å². The van der Waals surface area contributed by atoms with Crippen molar-refractivity contribution in [2.75, 3.05) is 9.21 Å². The molecule has 0 radical (unpaired) electrons. The molecule has 2 amide bonds. The Hall–Kier alpha value is -3.26. The molecule has 0 bridgehead atoms. The highest BCUT2D eigenvalue weighted by molar-refractivity contribution is 7.94. The average molecular weight is 414 g/mol. The lowest BCUT2D eigenvalue weighted by Crippen LogP contribution is -2.50. The molecule has 0 unspecified atom stereocenters. The van der Waals surface area contributed by atoms with Gasteiger partial charge in [0.2, 0.25) is 0 Å². The molecule has 8 heteroatoms. The highest BCUT2D eigenvalue weighted by atomic mass is 32.2. The molecule has 0 fully saturated rings. The lowest BCUT2D eigenvalue weighted by atomic mass is 10.2. The Morgan fingerprint density at radius 3 is 2.17 bits per heavy atom. The number of carbonyl (C=O) groups excluding carboxylic acids is 1. The predicted octanol–water partition coefficient (Wildman–Crippen LogP) is 4.61. The Balaban J connectivity index is 1.86. The van der Waals surface area contributed by atoms with Crippen molar-refractivity contribution in [3.63, 3.8) is 0 Å². The number of para-hydroxylation sites is 1. The van der Waals surface area contributed by atoms with Gasteiger partial charge in [-0.1, -0.05) is 29.8 Å². The van der Waals surface area contributed by atoms with E-state index in [2.05, 4.69) is 0 Å². The third kappa shape index (κ3) is 3.36. The van der Waals surface area contributed by atoms with Gasteiger partial charge in [0.25, 0.3) is 10.0 Å². The Kier molecular flexibility index (Phi) is 4.58. The molecule has 1 heterocycles. The fourth-order valence-electron chi connectivity index (χ4n) is 3.28. The van der Waals surface area contributed by atoms with Gasteiger partial charge in [-0.05, 0) is 48.9 Å². The number of sulfonamides is 1. The van der Waals surface area contributed by atoms with Crippen molar-refractivity contribution in [2.24, 2.45) is 0 Å². The zero-order chi connectivity index (χ0) is 20.8. The predicted molar refractivity (Wildman–Crippen MR) is 105 cm³/mol. The van der Waals surface area contributed by atoms with Crippen LogP contribution >= 0.6 is 0 Å². The Morgan fingerprint density at radius 2 is 1.52 bits per heavy atom. The molecule has 0 aliphatic carbocycles. The van der Waals surface area contributed by atoms with Crippen LogP contribution in [0.4, 0.5) is 25.0 Å². The summed E-state index contributed by atoms with van der Waals surface area (Å²) in [7, 11) is -4.15. The summed E-state index contributed by atoms with van der Waals surface area (Å²) < 4.78 is 54.3. The number of anilines is 2. The molecule has 1 aliphatic heterocycles. The van der Waals surface area contributed by atoms with Crippen LogP contribution in [0.2, 0.25) is 0 Å². The third-order valence-electron chi connectivity index (χ3n) is 4.61. The molecule has 3 aromatic carbocycles. The molecule has 4 rings (SSSR count). The monoisotopic (exact) mass is 414 g/mol. The number of carbonyl (C=O) groups is 1. The maximum absolute atomic E-state index is 13.6. The Labute approximate surface area is 166 Å². The third-order valence-corrected chi connectivity index (χ3v) is 6.36. The van der Waals surface area contributed by atoms with Gasteiger partial charge in [-0.25, -0.2) is 22.0 Å². The first kappa shape index (κ1) is 19.1. The van der Waals surface area contributed by atoms with Crippen LogP contribution in [0.3, 0.4) is 0 Å². The fourth-order valence-corrected chi connectivity index (χ4v) is 4.87. The number of hydrogen-bond donors (Lipinski definition) is 0. The molecule has 0 aromatic heterocycles. The van der Waals surface area contributed by atoms with Crippen molar-refractivity contribution in [3.05, 3.63) is 89.5 Å².